The van der Waals surface area contributed by atoms with Gasteiger partial charge in [0.1, 0.15) is 5.75 Å². The number of nitrogens with one attached hydrogen (secondary N) is 3. The summed E-state index contributed by atoms with van der Waals surface area (Å²) < 4.78 is 10.3. The van der Waals surface area contributed by atoms with Gasteiger partial charge in [-0.2, -0.15) is 5.10 Å². The van der Waals surface area contributed by atoms with Gasteiger partial charge in [-0.05, 0) is 42.3 Å². The molecule has 170 valence electrons. The summed E-state index contributed by atoms with van der Waals surface area (Å²) in [5, 5.41) is 9.63. The Morgan fingerprint density at radius 1 is 1.06 bits per heavy atom. The van der Waals surface area contributed by atoms with Crippen molar-refractivity contribution in [1.82, 2.24) is 10.7 Å². The zero-order chi connectivity index (χ0) is 23.3. The molecule has 9 nitrogen and oxygen atoms in total. The van der Waals surface area contributed by atoms with Crippen LogP contribution in [0.5, 0.6) is 5.75 Å². The Kier molecular flexibility index (Phi) is 10.5. The predicted octanol–water partition coefficient (Wildman–Crippen LogP) is 2.61. The van der Waals surface area contributed by atoms with Gasteiger partial charge in [0.2, 0.25) is 0 Å². The van der Waals surface area contributed by atoms with Crippen molar-refractivity contribution in [2.75, 3.05) is 32.2 Å². The number of ether oxygens (including phenoxy) is 2. The van der Waals surface area contributed by atoms with Crippen LogP contribution < -0.4 is 20.8 Å². The summed E-state index contributed by atoms with van der Waals surface area (Å²) in [6.07, 6.45) is 1.94. The number of hydrogen-bond acceptors (Lipinski definition) is 6. The van der Waals surface area contributed by atoms with E-state index in [9.17, 15) is 14.4 Å². The number of carbonyl (C=O) groups is 3. The second-order valence-electron chi connectivity index (χ2n) is 6.37. The largest absolute Gasteiger partial charge is 0.484 e. The molecule has 0 heterocycles. The van der Waals surface area contributed by atoms with Crippen molar-refractivity contribution in [3.8, 4) is 5.75 Å². The first kappa shape index (κ1) is 25.1. The highest BCUT2D eigenvalue weighted by molar-refractivity contribution is 6.35. The second-order valence-corrected chi connectivity index (χ2v) is 7.24. The minimum Gasteiger partial charge on any atom is -0.484 e. The van der Waals surface area contributed by atoms with Crippen molar-refractivity contribution in [2.45, 2.75) is 6.42 Å². The molecule has 2 rings (SSSR count). The van der Waals surface area contributed by atoms with Gasteiger partial charge in [0.15, 0.2) is 6.61 Å². The van der Waals surface area contributed by atoms with Crippen LogP contribution in [-0.4, -0.2) is 50.8 Å². The first-order chi connectivity index (χ1) is 15.4. The lowest BCUT2D eigenvalue weighted by Crippen LogP contribution is -2.38. The van der Waals surface area contributed by atoms with Crippen molar-refractivity contribution in [1.29, 1.82) is 0 Å². The molecule has 0 bridgehead atoms. The number of nitrogens with zero attached hydrogens (tertiary/aromatic N) is 1. The number of amides is 3. The van der Waals surface area contributed by atoms with Gasteiger partial charge < -0.3 is 20.1 Å². The van der Waals surface area contributed by atoms with Gasteiger partial charge in [0, 0.05) is 36.0 Å². The van der Waals surface area contributed by atoms with Crippen LogP contribution in [0.2, 0.25) is 10.0 Å². The average molecular weight is 481 g/mol. The lowest BCUT2D eigenvalue weighted by atomic mass is 10.2. The molecule has 0 spiro atoms. The summed E-state index contributed by atoms with van der Waals surface area (Å²) in [4.78, 5) is 35.4. The van der Waals surface area contributed by atoms with Gasteiger partial charge in [-0.1, -0.05) is 35.3 Å². The lowest BCUT2D eigenvalue weighted by molar-refractivity contribution is -0.139. The van der Waals surface area contributed by atoms with Crippen molar-refractivity contribution < 1.29 is 23.9 Å². The second kappa shape index (κ2) is 13.3. The van der Waals surface area contributed by atoms with Crippen LogP contribution in [0, 0.1) is 0 Å². The van der Waals surface area contributed by atoms with Gasteiger partial charge >= 0.3 is 11.8 Å². The minimum atomic E-state index is -0.885. The highest BCUT2D eigenvalue weighted by Gasteiger charge is 2.11. The number of methoxy groups -OCH3 is 1. The summed E-state index contributed by atoms with van der Waals surface area (Å²) in [5.41, 5.74) is 3.18. The highest BCUT2D eigenvalue weighted by atomic mass is 35.5. The molecule has 0 unspecified atom stereocenters. The van der Waals surface area contributed by atoms with Gasteiger partial charge in [0.05, 0.1) is 6.21 Å². The fourth-order valence-electron chi connectivity index (χ4n) is 2.37. The summed E-state index contributed by atoms with van der Waals surface area (Å²) in [6.45, 7) is 0.556. The van der Waals surface area contributed by atoms with E-state index in [0.29, 0.717) is 46.6 Å². The van der Waals surface area contributed by atoms with E-state index < -0.39 is 17.7 Å². The first-order valence-electron chi connectivity index (χ1n) is 9.46. The minimum absolute atomic E-state index is 0.245. The zero-order valence-corrected chi connectivity index (χ0v) is 18.7. The van der Waals surface area contributed by atoms with Crippen molar-refractivity contribution in [3.05, 3.63) is 58.1 Å². The molecular formula is C21H22Cl2N4O5. The molecule has 0 aliphatic carbocycles. The fraction of sp³-hybridized carbons (Fsp3) is 0.238. The number of benzene rings is 2. The molecule has 0 fully saturated rings. The quantitative estimate of drug-likeness (QED) is 0.209. The maximum atomic E-state index is 12.1. The maximum absolute atomic E-state index is 12.1. The van der Waals surface area contributed by atoms with E-state index in [0.717, 1.165) is 0 Å². The Morgan fingerprint density at radius 2 is 1.81 bits per heavy atom. The first-order valence-corrected chi connectivity index (χ1v) is 10.2. The van der Waals surface area contributed by atoms with E-state index in [2.05, 4.69) is 21.2 Å². The van der Waals surface area contributed by atoms with Gasteiger partial charge in [-0.15, -0.1) is 0 Å². The van der Waals surface area contributed by atoms with Gasteiger partial charge in [-0.25, -0.2) is 5.43 Å². The molecule has 0 aromatic heterocycles. The van der Waals surface area contributed by atoms with Crippen LogP contribution in [0.3, 0.4) is 0 Å². The van der Waals surface area contributed by atoms with Crippen LogP contribution in [0.25, 0.3) is 0 Å². The molecule has 11 heteroatoms. The molecule has 0 saturated carbocycles. The van der Waals surface area contributed by atoms with E-state index in [-0.39, 0.29) is 6.61 Å². The third-order valence-electron chi connectivity index (χ3n) is 3.77. The number of hydrazone groups is 1. The summed E-state index contributed by atoms with van der Waals surface area (Å²) >= 11 is 11.8. The summed E-state index contributed by atoms with van der Waals surface area (Å²) in [5.74, 6) is -1.66. The normalized spacial score (nSPS) is 10.6. The van der Waals surface area contributed by atoms with E-state index in [1.807, 2.05) is 0 Å². The molecule has 3 amide bonds. The topological polar surface area (TPSA) is 118 Å². The Morgan fingerprint density at radius 3 is 2.53 bits per heavy atom. The molecule has 0 radical (unpaired) electrons. The van der Waals surface area contributed by atoms with E-state index in [1.165, 1.54) is 6.21 Å². The lowest BCUT2D eigenvalue weighted by Gasteiger charge is -2.09. The monoisotopic (exact) mass is 480 g/mol. The molecule has 0 aliphatic rings. The highest BCUT2D eigenvalue weighted by Crippen LogP contribution is 2.22. The zero-order valence-electron chi connectivity index (χ0n) is 17.2. The molecule has 0 atom stereocenters. The number of anilines is 1. The van der Waals surface area contributed by atoms with Gasteiger partial charge in [0.25, 0.3) is 5.91 Å². The summed E-state index contributed by atoms with van der Waals surface area (Å²) in [6, 6.07) is 11.4. The predicted molar refractivity (Wildman–Crippen MR) is 122 cm³/mol. The molecule has 2 aromatic carbocycles. The number of hydrogen-bond donors (Lipinski definition) is 3. The maximum Gasteiger partial charge on any atom is 0.329 e. The average Bonchev–Trinajstić information content (AvgIpc) is 2.74. The van der Waals surface area contributed by atoms with Crippen LogP contribution in [-0.2, 0) is 19.1 Å². The Bertz CT molecular complexity index is 964. The van der Waals surface area contributed by atoms with Crippen molar-refractivity contribution in [3.63, 3.8) is 0 Å². The molecule has 32 heavy (non-hydrogen) atoms. The smallest absolute Gasteiger partial charge is 0.329 e. The Balaban J connectivity index is 1.80. The van der Waals surface area contributed by atoms with Crippen LogP contribution >= 0.6 is 23.2 Å². The molecule has 3 N–H and O–H groups in total. The number of rotatable bonds is 10. The Labute approximate surface area is 195 Å². The SMILES string of the molecule is COCCCNC(=O)C(=O)N/N=C\c1cccc(OCC(=O)Nc2cc(Cl)cc(Cl)c2)c1. The number of halogens is 2. The molecule has 0 aliphatic heterocycles. The fourth-order valence-corrected chi connectivity index (χ4v) is 2.90. The third-order valence-corrected chi connectivity index (χ3v) is 4.21. The van der Waals surface area contributed by atoms with Gasteiger partial charge in [-0.3, -0.25) is 14.4 Å². The summed E-state index contributed by atoms with van der Waals surface area (Å²) in [7, 11) is 1.55. The van der Waals surface area contributed by atoms with E-state index >= 15 is 0 Å². The third kappa shape index (κ3) is 9.34. The van der Waals surface area contributed by atoms with Crippen LogP contribution in [0.1, 0.15) is 12.0 Å². The Hall–Kier alpha value is -3.14. The van der Waals surface area contributed by atoms with E-state index in [1.54, 1.807) is 49.6 Å². The van der Waals surface area contributed by atoms with E-state index in [4.69, 9.17) is 32.7 Å². The van der Waals surface area contributed by atoms with Crippen molar-refractivity contribution >= 4 is 52.8 Å². The van der Waals surface area contributed by atoms with Crippen molar-refractivity contribution in [2.24, 2.45) is 5.10 Å². The van der Waals surface area contributed by atoms with Crippen LogP contribution in [0.15, 0.2) is 47.6 Å². The van der Waals surface area contributed by atoms with Crippen LogP contribution in [0.4, 0.5) is 5.69 Å². The standard InChI is InChI=1S/C21H22Cl2N4O5/c1-31-7-3-6-24-20(29)21(30)27-25-12-14-4-2-5-18(8-14)32-13-19(28)26-17-10-15(22)9-16(23)11-17/h2,4-5,8-12H,3,6-7,13H2,1H3,(H,24,29)(H,26,28)(H,27,30)/b25-12-. The molecule has 2 aromatic rings. The molecule has 0 saturated heterocycles. The molecular weight excluding hydrogens is 459 g/mol. The number of carbonyl (C=O) groups excluding carboxylic acids is 3.